The average Bonchev–Trinajstić information content (AvgIpc) is 3.15. The van der Waals surface area contributed by atoms with Crippen LogP contribution in [-0.2, 0) is 30.4 Å². The predicted octanol–water partition coefficient (Wildman–Crippen LogP) is 1.83. The molecule has 4 aliphatic heterocycles. The van der Waals surface area contributed by atoms with Gasteiger partial charge in [0, 0.05) is 13.1 Å². The number of benzene rings is 1. The van der Waals surface area contributed by atoms with Gasteiger partial charge in [-0.2, -0.15) is 0 Å². The molecule has 1 unspecified atom stereocenters. The molecule has 0 aliphatic carbocycles. The molecule has 1 N–H and O–H groups in total. The number of likely N-dealkylation sites (tertiary alicyclic amines) is 1. The van der Waals surface area contributed by atoms with Gasteiger partial charge in [0.15, 0.2) is 0 Å². The molecule has 8 heteroatoms. The molecule has 186 valence electrons. The van der Waals surface area contributed by atoms with Gasteiger partial charge in [-0.05, 0) is 24.5 Å². The quantitative estimate of drug-likeness (QED) is 0.493. The zero-order valence-corrected chi connectivity index (χ0v) is 20.1. The fraction of sp³-hybridized carbons (Fsp3) is 0.519. The third-order valence-corrected chi connectivity index (χ3v) is 8.01. The number of carbonyl (C=O) groups excluding carboxylic acids is 3. The summed E-state index contributed by atoms with van der Waals surface area (Å²) in [6, 6.07) is 8.12. The third-order valence-electron chi connectivity index (χ3n) is 8.01. The second-order valence-corrected chi connectivity index (χ2v) is 9.75. The van der Waals surface area contributed by atoms with E-state index >= 15 is 0 Å². The van der Waals surface area contributed by atoms with E-state index < -0.39 is 41.1 Å². The summed E-state index contributed by atoms with van der Waals surface area (Å²) in [6.45, 7) is 4.35. The van der Waals surface area contributed by atoms with E-state index in [1.54, 1.807) is 11.0 Å². The Bertz CT molecular complexity index is 1070. The number of hydrogen-bond donors (Lipinski definition) is 1. The maximum absolute atomic E-state index is 14.2. The van der Waals surface area contributed by atoms with Crippen LogP contribution in [0.25, 0.3) is 0 Å². The van der Waals surface area contributed by atoms with Crippen molar-refractivity contribution in [1.82, 2.24) is 9.80 Å². The van der Waals surface area contributed by atoms with Gasteiger partial charge < -0.3 is 24.4 Å². The summed E-state index contributed by atoms with van der Waals surface area (Å²) in [5.41, 5.74) is -1.40. The normalized spacial score (nSPS) is 34.7. The second kappa shape index (κ2) is 8.91. The smallest absolute Gasteiger partial charge is 0.313 e. The molecule has 1 aromatic rings. The summed E-state index contributed by atoms with van der Waals surface area (Å²) in [4.78, 5) is 44.7. The summed E-state index contributed by atoms with van der Waals surface area (Å²) in [5.74, 6) is -2.87. The summed E-state index contributed by atoms with van der Waals surface area (Å²) >= 11 is 0. The van der Waals surface area contributed by atoms with Gasteiger partial charge in [0.2, 0.25) is 11.8 Å². The standard InChI is InChI=1S/C27H32N2O6/c1-3-19(17-30)29-22-24(32)28(16-18-10-6-5-7-11-18)14-8-13-27(22)20(23(29)31)21-25(33)34-15-9-12-26(21,4-2)35-27/h5-13,19-22,30H,3-4,14-17H2,1-2H3/t19-,20-,21+,22?,26-,27-/m0/s1. The lowest BCUT2D eigenvalue weighted by atomic mass is 9.73. The molecular weight excluding hydrogens is 448 g/mol. The minimum Gasteiger partial charge on any atom is -0.461 e. The van der Waals surface area contributed by atoms with Crippen molar-refractivity contribution in [2.24, 2.45) is 11.8 Å². The first-order valence-corrected chi connectivity index (χ1v) is 12.4. The Labute approximate surface area is 205 Å². The fourth-order valence-corrected chi connectivity index (χ4v) is 6.33. The van der Waals surface area contributed by atoms with Crippen LogP contribution in [0.4, 0.5) is 0 Å². The van der Waals surface area contributed by atoms with Gasteiger partial charge in [0.25, 0.3) is 0 Å². The van der Waals surface area contributed by atoms with E-state index in [0.29, 0.717) is 25.9 Å². The number of carbonyl (C=O) groups is 3. The molecule has 0 radical (unpaired) electrons. The largest absolute Gasteiger partial charge is 0.461 e. The van der Waals surface area contributed by atoms with E-state index in [1.807, 2.05) is 62.4 Å². The monoisotopic (exact) mass is 480 g/mol. The highest BCUT2D eigenvalue weighted by Gasteiger charge is 2.75. The maximum Gasteiger partial charge on any atom is 0.313 e. The molecule has 8 nitrogen and oxygen atoms in total. The van der Waals surface area contributed by atoms with Crippen molar-refractivity contribution in [2.75, 3.05) is 19.8 Å². The zero-order chi connectivity index (χ0) is 24.8. The first kappa shape index (κ1) is 23.8. The van der Waals surface area contributed by atoms with E-state index in [1.165, 1.54) is 4.90 Å². The Morgan fingerprint density at radius 1 is 1.06 bits per heavy atom. The van der Waals surface area contributed by atoms with Gasteiger partial charge in [-0.15, -0.1) is 0 Å². The molecular formula is C27H32N2O6. The fourth-order valence-electron chi connectivity index (χ4n) is 6.33. The highest BCUT2D eigenvalue weighted by Crippen LogP contribution is 2.58. The Morgan fingerprint density at radius 2 is 1.83 bits per heavy atom. The van der Waals surface area contributed by atoms with E-state index in [-0.39, 0.29) is 25.0 Å². The Kier molecular flexibility index (Phi) is 6.05. The van der Waals surface area contributed by atoms with Crippen molar-refractivity contribution in [2.45, 2.75) is 56.5 Å². The first-order chi connectivity index (χ1) is 16.9. The van der Waals surface area contributed by atoms with Crippen molar-refractivity contribution in [3.63, 3.8) is 0 Å². The predicted molar refractivity (Wildman–Crippen MR) is 127 cm³/mol. The van der Waals surface area contributed by atoms with E-state index in [2.05, 4.69) is 0 Å². The second-order valence-electron chi connectivity index (χ2n) is 9.75. The van der Waals surface area contributed by atoms with Crippen LogP contribution in [0.15, 0.2) is 54.6 Å². The molecule has 2 amide bonds. The van der Waals surface area contributed by atoms with Crippen molar-refractivity contribution >= 4 is 17.8 Å². The van der Waals surface area contributed by atoms with Crippen LogP contribution in [0.3, 0.4) is 0 Å². The van der Waals surface area contributed by atoms with Crippen LogP contribution in [0.1, 0.15) is 32.3 Å². The molecule has 2 saturated heterocycles. The molecule has 6 atom stereocenters. The molecule has 1 spiro atoms. The van der Waals surface area contributed by atoms with Gasteiger partial charge in [0.1, 0.15) is 29.8 Å². The number of hydrogen-bond acceptors (Lipinski definition) is 6. The minimum atomic E-state index is -1.33. The van der Waals surface area contributed by atoms with Crippen LogP contribution in [0.2, 0.25) is 0 Å². The highest BCUT2D eigenvalue weighted by atomic mass is 16.6. The van der Waals surface area contributed by atoms with Crippen molar-refractivity contribution in [3.8, 4) is 0 Å². The van der Waals surface area contributed by atoms with Crippen LogP contribution < -0.4 is 0 Å². The lowest BCUT2D eigenvalue weighted by molar-refractivity contribution is -0.161. The number of aliphatic hydroxyl groups is 1. The van der Waals surface area contributed by atoms with Gasteiger partial charge in [-0.1, -0.05) is 62.4 Å². The van der Waals surface area contributed by atoms with Gasteiger partial charge >= 0.3 is 5.97 Å². The first-order valence-electron chi connectivity index (χ1n) is 12.4. The van der Waals surface area contributed by atoms with Gasteiger partial charge in [0.05, 0.1) is 18.6 Å². The number of esters is 1. The topological polar surface area (TPSA) is 96.4 Å². The van der Waals surface area contributed by atoms with Gasteiger partial charge in [-0.25, -0.2) is 0 Å². The van der Waals surface area contributed by atoms with Crippen molar-refractivity contribution in [3.05, 3.63) is 60.2 Å². The molecule has 2 fully saturated rings. The van der Waals surface area contributed by atoms with Gasteiger partial charge in [-0.3, -0.25) is 14.4 Å². The summed E-state index contributed by atoms with van der Waals surface area (Å²) in [5, 5.41) is 10.2. The number of aliphatic hydroxyl groups excluding tert-OH is 1. The minimum absolute atomic E-state index is 0.120. The summed E-state index contributed by atoms with van der Waals surface area (Å²) in [6.07, 6.45) is 8.19. The van der Waals surface area contributed by atoms with Crippen LogP contribution in [-0.4, -0.2) is 75.7 Å². The molecule has 4 heterocycles. The van der Waals surface area contributed by atoms with E-state index in [0.717, 1.165) is 5.56 Å². The molecule has 4 aliphatic rings. The van der Waals surface area contributed by atoms with Crippen molar-refractivity contribution in [1.29, 1.82) is 0 Å². The number of rotatable bonds is 6. The molecule has 0 aromatic heterocycles. The lowest BCUT2D eigenvalue weighted by Crippen LogP contribution is -2.58. The van der Waals surface area contributed by atoms with E-state index in [9.17, 15) is 19.5 Å². The van der Waals surface area contributed by atoms with Crippen molar-refractivity contribution < 1.29 is 29.0 Å². The number of cyclic esters (lactones) is 1. The molecule has 35 heavy (non-hydrogen) atoms. The van der Waals surface area contributed by atoms with E-state index in [4.69, 9.17) is 9.47 Å². The van der Waals surface area contributed by atoms with Crippen LogP contribution >= 0.6 is 0 Å². The third kappa shape index (κ3) is 3.45. The Balaban J connectivity index is 1.64. The molecule has 1 aromatic carbocycles. The van der Waals surface area contributed by atoms with Crippen LogP contribution in [0, 0.1) is 11.8 Å². The summed E-state index contributed by atoms with van der Waals surface area (Å²) in [7, 11) is 0. The SMILES string of the molecule is CC[C@@H](CO)N1C(=O)[C@@H]2[C@@H]3C(=O)OCC=C[C@]3(CC)O[C@@]23C=CCN(Cc2ccccc2)C(=O)C13. The Hall–Kier alpha value is -2.97. The number of nitrogens with zero attached hydrogens (tertiary/aromatic N) is 2. The maximum atomic E-state index is 14.2. The molecule has 5 rings (SSSR count). The summed E-state index contributed by atoms with van der Waals surface area (Å²) < 4.78 is 12.2. The number of ether oxygens (including phenoxy) is 2. The van der Waals surface area contributed by atoms with Crippen LogP contribution in [0.5, 0.6) is 0 Å². The number of fused-ring (bicyclic) bond motifs is 2. The Morgan fingerprint density at radius 3 is 2.51 bits per heavy atom. The number of amides is 2. The molecule has 0 bridgehead atoms. The average molecular weight is 481 g/mol. The highest BCUT2D eigenvalue weighted by molar-refractivity contribution is 5.99. The lowest BCUT2D eigenvalue weighted by Gasteiger charge is -2.40. The zero-order valence-electron chi connectivity index (χ0n) is 20.1. The molecule has 0 saturated carbocycles.